The fourth-order valence-corrected chi connectivity index (χ4v) is 1.67. The van der Waals surface area contributed by atoms with E-state index in [1.54, 1.807) is 4.90 Å². The minimum Gasteiger partial charge on any atom is -0.295 e. The van der Waals surface area contributed by atoms with Crippen LogP contribution in [0.3, 0.4) is 0 Å². The van der Waals surface area contributed by atoms with Crippen LogP contribution in [0, 0.1) is 5.41 Å². The summed E-state index contributed by atoms with van der Waals surface area (Å²) in [6.45, 7) is 6.79. The topological polar surface area (TPSA) is 27.6 Å². The number of hydrazone groups is 1. The van der Waals surface area contributed by atoms with Gasteiger partial charge in [0.25, 0.3) is 3.92 Å². The minimum absolute atomic E-state index is 0.124. The lowest BCUT2D eigenvalue weighted by molar-refractivity contribution is 0.381. The molecule has 0 fully saturated rings. The van der Waals surface area contributed by atoms with Crippen LogP contribution in [-0.4, -0.2) is 21.3 Å². The van der Waals surface area contributed by atoms with E-state index in [1.165, 1.54) is 0 Å². The quantitative estimate of drug-likeness (QED) is 0.578. The second-order valence-corrected chi connectivity index (χ2v) is 6.70. The average Bonchev–Trinajstić information content (AvgIpc) is 2.29. The van der Waals surface area contributed by atoms with Crippen molar-refractivity contribution < 1.29 is 0 Å². The van der Waals surface area contributed by atoms with Gasteiger partial charge in [0.15, 0.2) is 0 Å². The monoisotopic (exact) mass is 257 g/mol. The first-order valence-corrected chi connectivity index (χ1v) is 5.47. The van der Waals surface area contributed by atoms with Gasteiger partial charge >= 0.3 is 0 Å². The number of alkyl halides is 3. The average molecular weight is 259 g/mol. The SMILES string of the molecule is CC(C)(C)CC1=NNCN1C(Cl)(Cl)Cl. The molecule has 0 radical (unpaired) electrons. The molecule has 0 aromatic rings. The Bertz CT molecular complexity index is 239. The first kappa shape index (κ1) is 12.2. The lowest BCUT2D eigenvalue weighted by atomic mass is 9.91. The number of nitrogens with one attached hydrogen (secondary N) is 1. The molecule has 0 amide bonds. The molecule has 0 saturated heterocycles. The van der Waals surface area contributed by atoms with Crippen molar-refractivity contribution in [2.24, 2.45) is 10.5 Å². The second kappa shape index (κ2) is 3.95. The molecule has 0 aliphatic carbocycles. The molecular formula is C8H14Cl3N3. The molecule has 14 heavy (non-hydrogen) atoms. The lowest BCUT2D eigenvalue weighted by Crippen LogP contribution is -2.40. The van der Waals surface area contributed by atoms with Crippen molar-refractivity contribution >= 4 is 40.6 Å². The predicted octanol–water partition coefficient (Wildman–Crippen LogP) is 2.93. The highest BCUT2D eigenvalue weighted by molar-refractivity contribution is 6.67. The lowest BCUT2D eigenvalue weighted by Gasteiger charge is -2.29. The van der Waals surface area contributed by atoms with Gasteiger partial charge in [-0.3, -0.25) is 10.3 Å². The minimum atomic E-state index is -1.42. The summed E-state index contributed by atoms with van der Waals surface area (Å²) in [6.07, 6.45) is 0.772. The number of amidine groups is 1. The van der Waals surface area contributed by atoms with E-state index in [1.807, 2.05) is 0 Å². The zero-order chi connectivity index (χ0) is 11.0. The largest absolute Gasteiger partial charge is 0.295 e. The molecule has 1 N–H and O–H groups in total. The maximum absolute atomic E-state index is 5.80. The van der Waals surface area contributed by atoms with Gasteiger partial charge in [0.2, 0.25) is 0 Å². The molecule has 0 aromatic carbocycles. The Balaban J connectivity index is 2.70. The van der Waals surface area contributed by atoms with Crippen LogP contribution in [0.15, 0.2) is 5.10 Å². The molecular weight excluding hydrogens is 244 g/mol. The molecule has 3 nitrogen and oxygen atoms in total. The number of hydrogen-bond donors (Lipinski definition) is 1. The van der Waals surface area contributed by atoms with E-state index in [2.05, 4.69) is 31.3 Å². The standard InChI is InChI=1S/C8H14Cl3N3/c1-7(2,3)4-6-13-12-5-14(6)8(9,10)11/h12H,4-5H2,1-3H3. The molecule has 0 unspecified atom stereocenters. The van der Waals surface area contributed by atoms with Gasteiger partial charge < -0.3 is 0 Å². The zero-order valence-corrected chi connectivity index (χ0v) is 10.7. The van der Waals surface area contributed by atoms with Crippen molar-refractivity contribution in [3.8, 4) is 0 Å². The normalized spacial score (nSPS) is 18.1. The summed E-state index contributed by atoms with van der Waals surface area (Å²) in [5.74, 6) is 0.789. The maximum atomic E-state index is 5.80. The summed E-state index contributed by atoms with van der Waals surface area (Å²) < 4.78 is -1.42. The smallest absolute Gasteiger partial charge is 0.270 e. The van der Waals surface area contributed by atoms with E-state index < -0.39 is 3.92 Å². The summed E-state index contributed by atoms with van der Waals surface area (Å²) in [5, 5.41) is 4.11. The first-order chi connectivity index (χ1) is 6.20. The number of halogens is 3. The molecule has 1 aliphatic heterocycles. The third kappa shape index (κ3) is 3.37. The summed E-state index contributed by atoms with van der Waals surface area (Å²) in [7, 11) is 0. The van der Waals surface area contributed by atoms with Gasteiger partial charge in [-0.15, -0.1) is 0 Å². The highest BCUT2D eigenvalue weighted by atomic mass is 35.6. The summed E-state index contributed by atoms with van der Waals surface area (Å²) in [6, 6.07) is 0. The molecule has 6 heteroatoms. The van der Waals surface area contributed by atoms with Gasteiger partial charge in [0.05, 0.1) is 0 Å². The number of rotatable bonds is 1. The van der Waals surface area contributed by atoms with Crippen molar-refractivity contribution in [3.05, 3.63) is 0 Å². The van der Waals surface area contributed by atoms with Crippen LogP contribution in [-0.2, 0) is 0 Å². The fourth-order valence-electron chi connectivity index (χ4n) is 1.19. The van der Waals surface area contributed by atoms with Crippen molar-refractivity contribution in [3.63, 3.8) is 0 Å². The molecule has 0 spiro atoms. The molecule has 0 bridgehead atoms. The van der Waals surface area contributed by atoms with Crippen molar-refractivity contribution in [2.45, 2.75) is 31.1 Å². The molecule has 1 heterocycles. The van der Waals surface area contributed by atoms with E-state index >= 15 is 0 Å². The van der Waals surface area contributed by atoms with E-state index in [-0.39, 0.29) is 5.41 Å². The van der Waals surface area contributed by atoms with Gasteiger partial charge in [-0.25, -0.2) is 0 Å². The van der Waals surface area contributed by atoms with Crippen molar-refractivity contribution in [1.29, 1.82) is 0 Å². The van der Waals surface area contributed by atoms with Crippen molar-refractivity contribution in [2.75, 3.05) is 6.67 Å². The Morgan fingerprint density at radius 1 is 1.36 bits per heavy atom. The van der Waals surface area contributed by atoms with Gasteiger partial charge in [-0.05, 0) is 5.41 Å². The summed E-state index contributed by atoms with van der Waals surface area (Å²) >= 11 is 17.4. The van der Waals surface area contributed by atoms with Crippen LogP contribution in [0.4, 0.5) is 0 Å². The molecule has 1 rings (SSSR count). The van der Waals surface area contributed by atoms with E-state index in [0.29, 0.717) is 6.67 Å². The number of hydrogen-bond acceptors (Lipinski definition) is 3. The van der Waals surface area contributed by atoms with Crippen LogP contribution < -0.4 is 5.43 Å². The molecule has 0 saturated carbocycles. The van der Waals surface area contributed by atoms with E-state index in [9.17, 15) is 0 Å². The Hall–Kier alpha value is 0.140. The molecule has 0 aromatic heterocycles. The third-order valence-electron chi connectivity index (χ3n) is 1.74. The van der Waals surface area contributed by atoms with Crippen LogP contribution >= 0.6 is 34.8 Å². The Morgan fingerprint density at radius 2 is 1.93 bits per heavy atom. The van der Waals surface area contributed by atoms with Gasteiger partial charge in [-0.2, -0.15) is 5.10 Å². The van der Waals surface area contributed by atoms with Gasteiger partial charge in [-0.1, -0.05) is 55.6 Å². The van der Waals surface area contributed by atoms with Gasteiger partial charge in [0.1, 0.15) is 12.5 Å². The highest BCUT2D eigenvalue weighted by Crippen LogP contribution is 2.34. The zero-order valence-electron chi connectivity index (χ0n) is 8.44. The number of nitrogens with zero attached hydrogens (tertiary/aromatic N) is 2. The predicted molar refractivity (Wildman–Crippen MR) is 61.6 cm³/mol. The molecule has 1 aliphatic rings. The van der Waals surface area contributed by atoms with Crippen LogP contribution in [0.25, 0.3) is 0 Å². The Kier molecular flexibility index (Phi) is 3.45. The fraction of sp³-hybridized carbons (Fsp3) is 0.875. The summed E-state index contributed by atoms with van der Waals surface area (Å²) in [4.78, 5) is 1.63. The summed E-state index contributed by atoms with van der Waals surface area (Å²) in [5.41, 5.74) is 2.94. The highest BCUT2D eigenvalue weighted by Gasteiger charge is 2.36. The van der Waals surface area contributed by atoms with E-state index in [0.717, 1.165) is 12.3 Å². The van der Waals surface area contributed by atoms with Gasteiger partial charge in [0, 0.05) is 6.42 Å². The van der Waals surface area contributed by atoms with Crippen LogP contribution in [0.1, 0.15) is 27.2 Å². The van der Waals surface area contributed by atoms with E-state index in [4.69, 9.17) is 34.8 Å². The molecule has 82 valence electrons. The van der Waals surface area contributed by atoms with Crippen LogP contribution in [0.5, 0.6) is 0 Å². The Labute approximate surface area is 99.4 Å². The first-order valence-electron chi connectivity index (χ1n) is 4.34. The molecule has 0 atom stereocenters. The Morgan fingerprint density at radius 3 is 2.36 bits per heavy atom. The maximum Gasteiger partial charge on any atom is 0.270 e. The third-order valence-corrected chi connectivity index (χ3v) is 2.36. The van der Waals surface area contributed by atoms with Crippen molar-refractivity contribution in [1.82, 2.24) is 10.3 Å². The second-order valence-electron chi connectivity index (χ2n) is 4.48. The van der Waals surface area contributed by atoms with Crippen LogP contribution in [0.2, 0.25) is 0 Å².